The van der Waals surface area contributed by atoms with Gasteiger partial charge in [-0.1, -0.05) is 32.0 Å². The number of para-hydroxylation sites is 1. The number of aliphatic imine (C=N–C) groups is 1. The SMILES string of the molecule is COCCOC(=O)C1C(C)=NC2=C(C(=O)CC(C)(C)C2)[C@H]1c1ccccc1[N+](=O)[O-]. The van der Waals surface area contributed by atoms with E-state index in [0.29, 0.717) is 35.4 Å². The highest BCUT2D eigenvalue weighted by molar-refractivity contribution is 6.09. The number of esters is 1. The van der Waals surface area contributed by atoms with Crippen LogP contribution in [0.3, 0.4) is 0 Å². The van der Waals surface area contributed by atoms with Gasteiger partial charge in [0.05, 0.1) is 11.5 Å². The minimum atomic E-state index is -0.910. The molecule has 1 aliphatic heterocycles. The molecule has 30 heavy (non-hydrogen) atoms. The van der Waals surface area contributed by atoms with Crippen LogP contribution in [0.25, 0.3) is 0 Å². The van der Waals surface area contributed by atoms with Gasteiger partial charge in [0.1, 0.15) is 12.5 Å². The molecule has 0 fully saturated rings. The molecule has 0 amide bonds. The van der Waals surface area contributed by atoms with Crippen molar-refractivity contribution >= 4 is 23.2 Å². The first-order valence-corrected chi connectivity index (χ1v) is 9.86. The number of Topliss-reactive ketones (excluding diaryl/α,β-unsaturated/α-hetero) is 1. The molecule has 1 aliphatic carbocycles. The number of nitro benzene ring substituents is 1. The number of carbonyl (C=O) groups is 2. The zero-order chi connectivity index (χ0) is 22.1. The molecule has 0 bridgehead atoms. The summed E-state index contributed by atoms with van der Waals surface area (Å²) >= 11 is 0. The molecule has 1 aromatic rings. The summed E-state index contributed by atoms with van der Waals surface area (Å²) in [6, 6.07) is 6.24. The van der Waals surface area contributed by atoms with Crippen molar-refractivity contribution < 1.29 is 24.0 Å². The summed E-state index contributed by atoms with van der Waals surface area (Å²) in [5.41, 5.74) is 1.42. The summed E-state index contributed by atoms with van der Waals surface area (Å²) in [6.07, 6.45) is 0.858. The van der Waals surface area contributed by atoms with Crippen LogP contribution < -0.4 is 0 Å². The van der Waals surface area contributed by atoms with E-state index in [1.807, 2.05) is 13.8 Å². The first kappa shape index (κ1) is 21.8. The summed E-state index contributed by atoms with van der Waals surface area (Å²) in [5.74, 6) is -2.42. The van der Waals surface area contributed by atoms with Crippen LogP contribution in [-0.4, -0.2) is 42.7 Å². The lowest BCUT2D eigenvalue weighted by Gasteiger charge is -2.38. The van der Waals surface area contributed by atoms with Crippen molar-refractivity contribution in [3.8, 4) is 0 Å². The van der Waals surface area contributed by atoms with Gasteiger partial charge in [-0.25, -0.2) is 0 Å². The van der Waals surface area contributed by atoms with Gasteiger partial charge < -0.3 is 9.47 Å². The maximum absolute atomic E-state index is 13.2. The minimum absolute atomic E-state index is 0.0512. The highest BCUT2D eigenvalue weighted by Gasteiger charge is 2.47. The number of ketones is 1. The number of carbonyl (C=O) groups excluding carboxylic acids is 2. The van der Waals surface area contributed by atoms with Gasteiger partial charge in [-0.05, 0) is 18.8 Å². The topological polar surface area (TPSA) is 108 Å². The zero-order valence-electron chi connectivity index (χ0n) is 17.6. The fraction of sp³-hybridized carbons (Fsp3) is 0.500. The van der Waals surface area contributed by atoms with E-state index in [4.69, 9.17) is 9.47 Å². The largest absolute Gasteiger partial charge is 0.463 e. The van der Waals surface area contributed by atoms with Crippen molar-refractivity contribution in [2.45, 2.75) is 39.5 Å². The second-order valence-electron chi connectivity index (χ2n) is 8.49. The summed E-state index contributed by atoms with van der Waals surface area (Å²) in [6.45, 7) is 5.97. The van der Waals surface area contributed by atoms with E-state index in [1.54, 1.807) is 25.1 Å². The number of hydrogen-bond donors (Lipinski definition) is 0. The third kappa shape index (κ3) is 4.18. The van der Waals surface area contributed by atoms with Gasteiger partial charge >= 0.3 is 5.97 Å². The predicted molar refractivity (Wildman–Crippen MR) is 110 cm³/mol. The van der Waals surface area contributed by atoms with Crippen molar-refractivity contribution in [3.63, 3.8) is 0 Å². The van der Waals surface area contributed by atoms with E-state index in [0.717, 1.165) is 0 Å². The quantitative estimate of drug-likeness (QED) is 0.305. The van der Waals surface area contributed by atoms with Crippen molar-refractivity contribution in [1.82, 2.24) is 0 Å². The molecule has 160 valence electrons. The maximum atomic E-state index is 13.2. The number of benzene rings is 1. The van der Waals surface area contributed by atoms with Crippen LogP contribution >= 0.6 is 0 Å². The summed E-state index contributed by atoms with van der Waals surface area (Å²) in [5, 5.41) is 11.7. The van der Waals surface area contributed by atoms with Crippen molar-refractivity contribution in [1.29, 1.82) is 0 Å². The average Bonchev–Trinajstić information content (AvgIpc) is 2.65. The molecule has 0 N–H and O–H groups in total. The lowest BCUT2D eigenvalue weighted by Crippen LogP contribution is -2.40. The van der Waals surface area contributed by atoms with Crippen molar-refractivity contribution in [2.75, 3.05) is 20.3 Å². The van der Waals surface area contributed by atoms with E-state index in [1.165, 1.54) is 13.2 Å². The first-order valence-electron chi connectivity index (χ1n) is 9.86. The Morgan fingerprint density at radius 2 is 1.97 bits per heavy atom. The van der Waals surface area contributed by atoms with Crippen molar-refractivity contribution in [2.24, 2.45) is 16.3 Å². The second kappa shape index (κ2) is 8.47. The molecule has 8 nitrogen and oxygen atoms in total. The normalized spacial score (nSPS) is 22.9. The number of allylic oxidation sites excluding steroid dienone is 2. The Morgan fingerprint density at radius 3 is 2.63 bits per heavy atom. The molecular weight excluding hydrogens is 388 g/mol. The van der Waals surface area contributed by atoms with Crippen LogP contribution in [-0.2, 0) is 19.1 Å². The molecule has 0 saturated heterocycles. The Morgan fingerprint density at radius 1 is 1.27 bits per heavy atom. The number of rotatable bonds is 6. The fourth-order valence-electron chi connectivity index (χ4n) is 4.32. The van der Waals surface area contributed by atoms with Crippen LogP contribution in [0, 0.1) is 21.4 Å². The molecule has 2 aliphatic rings. The molecule has 2 atom stereocenters. The lowest BCUT2D eigenvalue weighted by molar-refractivity contribution is -0.385. The first-order chi connectivity index (χ1) is 14.2. The number of methoxy groups -OCH3 is 1. The van der Waals surface area contributed by atoms with E-state index < -0.39 is 22.7 Å². The Hall–Kier alpha value is -2.87. The number of ether oxygens (including phenoxy) is 2. The Bertz CT molecular complexity index is 947. The van der Waals surface area contributed by atoms with Crippen LogP contribution in [0.4, 0.5) is 5.69 Å². The second-order valence-corrected chi connectivity index (χ2v) is 8.49. The van der Waals surface area contributed by atoms with Gasteiger partial charge in [-0.15, -0.1) is 0 Å². The molecule has 1 unspecified atom stereocenters. The lowest BCUT2D eigenvalue weighted by atomic mass is 9.66. The molecule has 3 rings (SSSR count). The average molecular weight is 414 g/mol. The van der Waals surface area contributed by atoms with Gasteiger partial charge in [0.25, 0.3) is 5.69 Å². The van der Waals surface area contributed by atoms with E-state index in [2.05, 4.69) is 4.99 Å². The maximum Gasteiger partial charge on any atom is 0.315 e. The fourth-order valence-corrected chi connectivity index (χ4v) is 4.32. The van der Waals surface area contributed by atoms with Gasteiger partial charge in [0.15, 0.2) is 5.78 Å². The van der Waals surface area contributed by atoms with E-state index in [9.17, 15) is 19.7 Å². The number of nitrogens with zero attached hydrogens (tertiary/aromatic N) is 2. The molecule has 8 heteroatoms. The molecule has 0 radical (unpaired) electrons. The highest BCUT2D eigenvalue weighted by atomic mass is 16.6. The molecular formula is C22H26N2O6. The summed E-state index contributed by atoms with van der Waals surface area (Å²) in [7, 11) is 1.50. The molecule has 1 aromatic carbocycles. The van der Waals surface area contributed by atoms with Gasteiger partial charge in [0, 0.05) is 48.1 Å². The number of hydrogen-bond acceptors (Lipinski definition) is 7. The third-order valence-corrected chi connectivity index (χ3v) is 5.56. The molecule has 0 spiro atoms. The Labute approximate surface area is 175 Å². The van der Waals surface area contributed by atoms with Gasteiger partial charge in [-0.2, -0.15) is 0 Å². The molecule has 0 aromatic heterocycles. The smallest absolute Gasteiger partial charge is 0.315 e. The third-order valence-electron chi connectivity index (χ3n) is 5.56. The standard InChI is InChI=1S/C22H26N2O6/c1-13-18(21(26)30-10-9-29-4)19(14-7-5-6-8-16(14)24(27)28)20-15(23-13)11-22(2,3)12-17(20)25/h5-8,18-19H,9-12H2,1-4H3/t18?,19-/m0/s1. The van der Waals surface area contributed by atoms with E-state index >= 15 is 0 Å². The predicted octanol–water partition coefficient (Wildman–Crippen LogP) is 3.60. The zero-order valence-corrected chi connectivity index (χ0v) is 17.6. The molecule has 0 saturated carbocycles. The van der Waals surface area contributed by atoms with Crippen LogP contribution in [0.15, 0.2) is 40.5 Å². The number of nitro groups is 1. The van der Waals surface area contributed by atoms with Crippen LogP contribution in [0.5, 0.6) is 0 Å². The minimum Gasteiger partial charge on any atom is -0.463 e. The summed E-state index contributed by atoms with van der Waals surface area (Å²) < 4.78 is 10.3. The van der Waals surface area contributed by atoms with Crippen LogP contribution in [0.1, 0.15) is 45.1 Å². The summed E-state index contributed by atoms with van der Waals surface area (Å²) in [4.78, 5) is 42.0. The van der Waals surface area contributed by atoms with Gasteiger partial charge in [-0.3, -0.25) is 24.7 Å². The highest BCUT2D eigenvalue weighted by Crippen LogP contribution is 2.49. The molecule has 1 heterocycles. The van der Waals surface area contributed by atoms with Gasteiger partial charge in [0.2, 0.25) is 0 Å². The van der Waals surface area contributed by atoms with E-state index in [-0.39, 0.29) is 30.1 Å². The van der Waals surface area contributed by atoms with Crippen molar-refractivity contribution in [3.05, 3.63) is 51.2 Å². The monoisotopic (exact) mass is 414 g/mol. The Balaban J connectivity index is 2.16. The van der Waals surface area contributed by atoms with Crippen LogP contribution in [0.2, 0.25) is 0 Å². The Kier molecular flexibility index (Phi) is 6.17.